The summed E-state index contributed by atoms with van der Waals surface area (Å²) in [6, 6.07) is 11.3. The Morgan fingerprint density at radius 1 is 1.13 bits per heavy atom. The van der Waals surface area contributed by atoms with Crippen LogP contribution < -0.4 is 15.4 Å². The van der Waals surface area contributed by atoms with Crippen molar-refractivity contribution in [3.63, 3.8) is 0 Å². The highest BCUT2D eigenvalue weighted by atomic mass is 32.2. The molecular formula is C21H23N3O4S2. The lowest BCUT2D eigenvalue weighted by molar-refractivity contribution is -0.115. The van der Waals surface area contributed by atoms with Gasteiger partial charge in [-0.3, -0.25) is 9.59 Å². The van der Waals surface area contributed by atoms with E-state index in [1.165, 1.54) is 23.9 Å². The number of fused-ring (bicyclic) bond motifs is 1. The molecule has 30 heavy (non-hydrogen) atoms. The molecular weight excluding hydrogens is 422 g/mol. The molecule has 1 unspecified atom stereocenters. The molecule has 158 valence electrons. The van der Waals surface area contributed by atoms with Gasteiger partial charge in [-0.25, -0.2) is 13.1 Å². The molecule has 0 bridgehead atoms. The van der Waals surface area contributed by atoms with E-state index in [9.17, 15) is 18.0 Å². The molecule has 2 aromatic carbocycles. The first-order valence-corrected chi connectivity index (χ1v) is 12.2. The van der Waals surface area contributed by atoms with Crippen molar-refractivity contribution in [1.82, 2.24) is 4.72 Å². The summed E-state index contributed by atoms with van der Waals surface area (Å²) in [5.74, 6) is -0.480. The van der Waals surface area contributed by atoms with Gasteiger partial charge in [0, 0.05) is 22.2 Å². The van der Waals surface area contributed by atoms with Crippen molar-refractivity contribution in [2.45, 2.75) is 53.7 Å². The molecule has 9 heteroatoms. The Morgan fingerprint density at radius 2 is 1.90 bits per heavy atom. The Morgan fingerprint density at radius 3 is 2.67 bits per heavy atom. The topological polar surface area (TPSA) is 104 Å². The summed E-state index contributed by atoms with van der Waals surface area (Å²) < 4.78 is 28.0. The number of hydrogen-bond donors (Lipinski definition) is 3. The number of hydrogen-bond acceptors (Lipinski definition) is 5. The van der Waals surface area contributed by atoms with Gasteiger partial charge in [-0.05, 0) is 56.2 Å². The van der Waals surface area contributed by atoms with Crippen LogP contribution in [0.15, 0.2) is 52.3 Å². The Balaban J connectivity index is 1.49. The molecule has 7 nitrogen and oxygen atoms in total. The van der Waals surface area contributed by atoms with Gasteiger partial charge in [0.25, 0.3) is 5.91 Å². The number of carbonyl (C=O) groups is 2. The lowest BCUT2D eigenvalue weighted by Crippen LogP contribution is -2.32. The predicted molar refractivity (Wildman–Crippen MR) is 117 cm³/mol. The van der Waals surface area contributed by atoms with Gasteiger partial charge in [0.15, 0.2) is 0 Å². The second kappa shape index (κ2) is 8.41. The zero-order valence-corrected chi connectivity index (χ0v) is 18.1. The zero-order valence-electron chi connectivity index (χ0n) is 16.5. The van der Waals surface area contributed by atoms with E-state index >= 15 is 0 Å². The molecule has 2 aliphatic rings. The first-order valence-electron chi connectivity index (χ1n) is 9.87. The quantitative estimate of drug-likeness (QED) is 0.652. The third-order valence-corrected chi connectivity index (χ3v) is 7.95. The summed E-state index contributed by atoms with van der Waals surface area (Å²) in [7, 11) is -3.64. The minimum Gasteiger partial charge on any atom is -0.324 e. The lowest BCUT2D eigenvalue weighted by Gasteiger charge is -2.21. The van der Waals surface area contributed by atoms with E-state index in [-0.39, 0.29) is 28.0 Å². The smallest absolute Gasteiger partial charge is 0.255 e. The average Bonchev–Trinajstić information content (AvgIpc) is 3.21. The molecule has 1 atom stereocenters. The van der Waals surface area contributed by atoms with Crippen LogP contribution in [0.25, 0.3) is 0 Å². The lowest BCUT2D eigenvalue weighted by atomic mass is 10.1. The maximum Gasteiger partial charge on any atom is 0.255 e. The van der Waals surface area contributed by atoms with Gasteiger partial charge in [-0.2, -0.15) is 0 Å². The summed E-state index contributed by atoms with van der Waals surface area (Å²) in [6.07, 6.45) is 3.76. The third kappa shape index (κ3) is 4.53. The number of rotatable bonds is 5. The van der Waals surface area contributed by atoms with E-state index in [1.54, 1.807) is 30.3 Å². The van der Waals surface area contributed by atoms with E-state index < -0.39 is 10.0 Å². The van der Waals surface area contributed by atoms with Gasteiger partial charge in [0.1, 0.15) is 0 Å². The molecule has 4 rings (SSSR count). The third-order valence-electron chi connectivity index (χ3n) is 5.25. The molecule has 2 aromatic rings. The Bertz CT molecular complexity index is 1100. The van der Waals surface area contributed by atoms with Crippen molar-refractivity contribution >= 4 is 45.0 Å². The van der Waals surface area contributed by atoms with Crippen molar-refractivity contribution in [1.29, 1.82) is 0 Å². The number of carbonyl (C=O) groups excluding carboxylic acids is 2. The highest BCUT2D eigenvalue weighted by molar-refractivity contribution is 8.01. The Labute approximate surface area is 180 Å². The molecule has 1 saturated carbocycles. The van der Waals surface area contributed by atoms with Crippen LogP contribution in [0.2, 0.25) is 0 Å². The van der Waals surface area contributed by atoms with Gasteiger partial charge in [0.05, 0.1) is 15.8 Å². The summed E-state index contributed by atoms with van der Waals surface area (Å²) >= 11 is 1.44. The monoisotopic (exact) mass is 445 g/mol. The first kappa shape index (κ1) is 20.9. The number of thioether (sulfide) groups is 1. The molecule has 3 N–H and O–H groups in total. The van der Waals surface area contributed by atoms with Crippen molar-refractivity contribution in [3.8, 4) is 0 Å². The van der Waals surface area contributed by atoms with Crippen molar-refractivity contribution < 1.29 is 18.0 Å². The fraction of sp³-hybridized carbons (Fsp3) is 0.333. The molecule has 0 aromatic heterocycles. The standard InChI is InChI=1S/C21H23N3O4S2/c1-13-20(25)23-18-11-14(9-10-19(18)29-13)21(26)22-16-7-4-8-17(12-16)30(27,28)24-15-5-2-3-6-15/h4,7-13,15,24H,2-3,5-6H2,1H3,(H,22,26)(H,23,25). The highest BCUT2D eigenvalue weighted by Gasteiger charge is 2.25. The van der Waals surface area contributed by atoms with E-state index in [4.69, 9.17) is 0 Å². The van der Waals surface area contributed by atoms with Gasteiger partial charge in [-0.15, -0.1) is 11.8 Å². The second-order valence-corrected chi connectivity index (χ2v) is 10.6. The summed E-state index contributed by atoms with van der Waals surface area (Å²) in [5.41, 5.74) is 1.37. The van der Waals surface area contributed by atoms with E-state index in [0.29, 0.717) is 16.9 Å². The maximum absolute atomic E-state index is 12.7. The van der Waals surface area contributed by atoms with Crippen molar-refractivity contribution in [2.24, 2.45) is 0 Å². The highest BCUT2D eigenvalue weighted by Crippen LogP contribution is 2.36. The van der Waals surface area contributed by atoms with E-state index in [1.807, 2.05) is 6.92 Å². The second-order valence-electron chi connectivity index (χ2n) is 7.54. The fourth-order valence-electron chi connectivity index (χ4n) is 3.63. The summed E-state index contributed by atoms with van der Waals surface area (Å²) in [5, 5.41) is 5.36. The summed E-state index contributed by atoms with van der Waals surface area (Å²) in [4.78, 5) is 25.6. The maximum atomic E-state index is 12.7. The van der Waals surface area contributed by atoms with Crippen LogP contribution in [0.4, 0.5) is 11.4 Å². The van der Waals surface area contributed by atoms with Gasteiger partial charge >= 0.3 is 0 Å². The fourth-order valence-corrected chi connectivity index (χ4v) is 5.91. The molecule has 0 saturated heterocycles. The average molecular weight is 446 g/mol. The van der Waals surface area contributed by atoms with Crippen LogP contribution in [0.3, 0.4) is 0 Å². The van der Waals surface area contributed by atoms with Crippen molar-refractivity contribution in [2.75, 3.05) is 10.6 Å². The zero-order chi connectivity index (χ0) is 21.3. The van der Waals surface area contributed by atoms with Crippen LogP contribution >= 0.6 is 11.8 Å². The molecule has 0 spiro atoms. The van der Waals surface area contributed by atoms with E-state index in [0.717, 1.165) is 30.6 Å². The number of nitrogens with one attached hydrogen (secondary N) is 3. The molecule has 0 radical (unpaired) electrons. The van der Waals surface area contributed by atoms with Gasteiger partial charge in [0.2, 0.25) is 15.9 Å². The van der Waals surface area contributed by atoms with Gasteiger partial charge < -0.3 is 10.6 Å². The molecule has 2 amide bonds. The summed E-state index contributed by atoms with van der Waals surface area (Å²) in [6.45, 7) is 1.83. The number of benzene rings is 2. The number of anilines is 2. The number of amides is 2. The first-order chi connectivity index (χ1) is 14.3. The molecule has 1 heterocycles. The Hall–Kier alpha value is -2.36. The van der Waals surface area contributed by atoms with Crippen LogP contribution in [-0.4, -0.2) is 31.5 Å². The Kier molecular flexibility index (Phi) is 5.86. The van der Waals surface area contributed by atoms with Crippen LogP contribution in [0.1, 0.15) is 43.0 Å². The molecule has 1 fully saturated rings. The van der Waals surface area contributed by atoms with Crippen LogP contribution in [0.5, 0.6) is 0 Å². The largest absolute Gasteiger partial charge is 0.324 e. The van der Waals surface area contributed by atoms with Crippen molar-refractivity contribution in [3.05, 3.63) is 48.0 Å². The molecule has 1 aliphatic carbocycles. The van der Waals surface area contributed by atoms with E-state index in [2.05, 4.69) is 15.4 Å². The minimum absolute atomic E-state index is 0.0282. The van der Waals surface area contributed by atoms with Gasteiger partial charge in [-0.1, -0.05) is 18.9 Å². The minimum atomic E-state index is -3.64. The number of sulfonamides is 1. The normalized spacial score (nSPS) is 19.2. The van der Waals surface area contributed by atoms with Crippen LogP contribution in [-0.2, 0) is 14.8 Å². The SMILES string of the molecule is CC1Sc2ccc(C(=O)Nc3cccc(S(=O)(=O)NC4CCCC4)c3)cc2NC1=O. The molecule has 1 aliphatic heterocycles. The van der Waals surface area contributed by atoms with Crippen LogP contribution in [0, 0.1) is 0 Å². The predicted octanol–water partition coefficient (Wildman–Crippen LogP) is 3.59.